The van der Waals surface area contributed by atoms with Crippen molar-refractivity contribution in [2.75, 3.05) is 0 Å². The molecule has 0 aliphatic heterocycles. The molecule has 19 heavy (non-hydrogen) atoms. The Morgan fingerprint density at radius 3 is 2.16 bits per heavy atom. The molecule has 0 saturated heterocycles. The minimum atomic E-state index is -0.775. The monoisotopic (exact) mass is 386 g/mol. The molecule has 2 rings (SSSR count). The molecule has 100 valence electrons. The van der Waals surface area contributed by atoms with E-state index in [9.17, 15) is 9.50 Å². The molecule has 0 bridgehead atoms. The van der Waals surface area contributed by atoms with E-state index in [2.05, 4.69) is 31.9 Å². The van der Waals surface area contributed by atoms with Crippen molar-refractivity contribution in [3.05, 3.63) is 67.3 Å². The summed E-state index contributed by atoms with van der Waals surface area (Å²) in [5, 5.41) is 10.5. The van der Waals surface area contributed by atoms with Gasteiger partial charge in [0.1, 0.15) is 11.9 Å². The highest BCUT2D eigenvalue weighted by Gasteiger charge is 2.18. The number of hydrogen-bond acceptors (Lipinski definition) is 1. The van der Waals surface area contributed by atoms with E-state index in [4.69, 9.17) is 0 Å². The van der Waals surface area contributed by atoms with Crippen molar-refractivity contribution < 1.29 is 9.50 Å². The first-order chi connectivity index (χ1) is 8.90. The Bertz CT molecular complexity index is 603. The molecule has 1 unspecified atom stereocenters. The SMILES string of the molecule is Cc1cc(F)cc(C)c1C(O)c1ccc(Br)cc1Br. The van der Waals surface area contributed by atoms with E-state index in [1.807, 2.05) is 18.2 Å². The summed E-state index contributed by atoms with van der Waals surface area (Å²) in [6.07, 6.45) is -0.775. The average molecular weight is 388 g/mol. The fraction of sp³-hybridized carbons (Fsp3) is 0.200. The second kappa shape index (κ2) is 5.73. The summed E-state index contributed by atoms with van der Waals surface area (Å²) in [5.41, 5.74) is 3.02. The number of rotatable bonds is 2. The van der Waals surface area contributed by atoms with Gasteiger partial charge in [-0.1, -0.05) is 37.9 Å². The lowest BCUT2D eigenvalue weighted by Gasteiger charge is -2.18. The first-order valence-corrected chi connectivity index (χ1v) is 7.38. The maximum atomic E-state index is 13.3. The Morgan fingerprint density at radius 1 is 1.05 bits per heavy atom. The van der Waals surface area contributed by atoms with Crippen LogP contribution in [0.1, 0.15) is 28.4 Å². The number of aliphatic hydroxyl groups is 1. The molecule has 2 aromatic carbocycles. The van der Waals surface area contributed by atoms with Gasteiger partial charge in [-0.2, -0.15) is 0 Å². The molecule has 0 aliphatic rings. The number of benzene rings is 2. The largest absolute Gasteiger partial charge is 0.384 e. The van der Waals surface area contributed by atoms with Gasteiger partial charge in [-0.25, -0.2) is 4.39 Å². The zero-order chi connectivity index (χ0) is 14.2. The van der Waals surface area contributed by atoms with Gasteiger partial charge in [0.2, 0.25) is 0 Å². The van der Waals surface area contributed by atoms with Crippen molar-refractivity contribution in [3.8, 4) is 0 Å². The van der Waals surface area contributed by atoms with Crippen molar-refractivity contribution in [2.45, 2.75) is 20.0 Å². The second-order valence-electron chi connectivity index (χ2n) is 4.52. The van der Waals surface area contributed by atoms with Gasteiger partial charge in [-0.15, -0.1) is 0 Å². The third kappa shape index (κ3) is 3.07. The second-order valence-corrected chi connectivity index (χ2v) is 6.29. The molecule has 1 atom stereocenters. The van der Waals surface area contributed by atoms with Gasteiger partial charge in [-0.3, -0.25) is 0 Å². The van der Waals surface area contributed by atoms with Gasteiger partial charge in [0.15, 0.2) is 0 Å². The Hall–Kier alpha value is -0.710. The molecule has 0 spiro atoms. The smallest absolute Gasteiger partial charge is 0.123 e. The lowest BCUT2D eigenvalue weighted by atomic mass is 9.93. The van der Waals surface area contributed by atoms with Crippen molar-refractivity contribution in [2.24, 2.45) is 0 Å². The van der Waals surface area contributed by atoms with E-state index < -0.39 is 6.10 Å². The van der Waals surface area contributed by atoms with Crippen LogP contribution in [-0.2, 0) is 0 Å². The molecule has 1 nitrogen and oxygen atoms in total. The van der Waals surface area contributed by atoms with E-state index >= 15 is 0 Å². The van der Waals surface area contributed by atoms with Crippen molar-refractivity contribution in [1.82, 2.24) is 0 Å². The summed E-state index contributed by atoms with van der Waals surface area (Å²) in [6.45, 7) is 3.61. The first-order valence-electron chi connectivity index (χ1n) is 5.80. The number of hydrogen-bond donors (Lipinski definition) is 1. The molecule has 0 fully saturated rings. The van der Waals surface area contributed by atoms with Gasteiger partial charge < -0.3 is 5.11 Å². The van der Waals surface area contributed by atoms with E-state index in [1.54, 1.807) is 13.8 Å². The van der Waals surface area contributed by atoms with Crippen LogP contribution in [0.4, 0.5) is 4.39 Å². The third-order valence-corrected chi connectivity index (χ3v) is 4.27. The summed E-state index contributed by atoms with van der Waals surface area (Å²) >= 11 is 6.82. The van der Waals surface area contributed by atoms with Gasteiger partial charge in [-0.05, 0) is 60.4 Å². The molecule has 1 N–H and O–H groups in total. The lowest BCUT2D eigenvalue weighted by molar-refractivity contribution is 0.218. The van der Waals surface area contributed by atoms with Crippen LogP contribution in [0.15, 0.2) is 39.3 Å². The van der Waals surface area contributed by atoms with Gasteiger partial charge in [0.25, 0.3) is 0 Å². The molecule has 0 aliphatic carbocycles. The van der Waals surface area contributed by atoms with Crippen LogP contribution in [0.2, 0.25) is 0 Å². The topological polar surface area (TPSA) is 20.2 Å². The van der Waals surface area contributed by atoms with Crippen LogP contribution in [0.3, 0.4) is 0 Å². The van der Waals surface area contributed by atoms with E-state index in [1.165, 1.54) is 12.1 Å². The molecule has 0 aromatic heterocycles. The van der Waals surface area contributed by atoms with Crippen LogP contribution in [0, 0.1) is 19.7 Å². The minimum Gasteiger partial charge on any atom is -0.384 e. The standard InChI is InChI=1S/C15H13Br2FO/c1-8-5-11(18)6-9(2)14(8)15(19)12-4-3-10(16)7-13(12)17/h3-7,15,19H,1-2H3. The molecular formula is C15H13Br2FO. The van der Waals surface area contributed by atoms with Gasteiger partial charge in [0.05, 0.1) is 0 Å². The highest BCUT2D eigenvalue weighted by Crippen LogP contribution is 2.33. The number of aryl methyl sites for hydroxylation is 2. The normalized spacial score (nSPS) is 12.5. The Kier molecular flexibility index (Phi) is 4.43. The molecule has 4 heteroatoms. The zero-order valence-electron chi connectivity index (χ0n) is 10.5. The Labute approximate surface area is 128 Å². The van der Waals surface area contributed by atoms with E-state index in [0.717, 1.165) is 31.2 Å². The highest BCUT2D eigenvalue weighted by atomic mass is 79.9. The summed E-state index contributed by atoms with van der Waals surface area (Å²) in [4.78, 5) is 0. The van der Waals surface area contributed by atoms with Crippen LogP contribution < -0.4 is 0 Å². The maximum Gasteiger partial charge on any atom is 0.123 e. The lowest BCUT2D eigenvalue weighted by Crippen LogP contribution is -2.06. The Balaban J connectivity index is 2.53. The first kappa shape index (κ1) is 14.7. The molecular weight excluding hydrogens is 375 g/mol. The Morgan fingerprint density at radius 2 is 1.63 bits per heavy atom. The summed E-state index contributed by atoms with van der Waals surface area (Å²) < 4.78 is 15.1. The fourth-order valence-electron chi connectivity index (χ4n) is 2.23. The summed E-state index contributed by atoms with van der Waals surface area (Å²) in [7, 11) is 0. The quantitative estimate of drug-likeness (QED) is 0.764. The van der Waals surface area contributed by atoms with Gasteiger partial charge >= 0.3 is 0 Å². The minimum absolute atomic E-state index is 0.277. The molecule has 0 amide bonds. The van der Waals surface area contributed by atoms with Crippen LogP contribution in [-0.4, -0.2) is 5.11 Å². The van der Waals surface area contributed by atoms with Crippen LogP contribution >= 0.6 is 31.9 Å². The van der Waals surface area contributed by atoms with Crippen LogP contribution in [0.25, 0.3) is 0 Å². The number of aliphatic hydroxyl groups excluding tert-OH is 1. The fourth-order valence-corrected chi connectivity index (χ4v) is 3.50. The molecule has 0 heterocycles. The predicted molar refractivity (Wildman–Crippen MR) is 81.8 cm³/mol. The molecule has 0 saturated carbocycles. The predicted octanol–water partition coefficient (Wildman–Crippen LogP) is 5.05. The maximum absolute atomic E-state index is 13.3. The van der Waals surface area contributed by atoms with E-state index in [-0.39, 0.29) is 5.82 Å². The average Bonchev–Trinajstić information content (AvgIpc) is 2.26. The van der Waals surface area contributed by atoms with Crippen LogP contribution in [0.5, 0.6) is 0 Å². The summed E-state index contributed by atoms with van der Waals surface area (Å²) in [6, 6.07) is 8.49. The summed E-state index contributed by atoms with van der Waals surface area (Å²) in [5.74, 6) is -0.277. The van der Waals surface area contributed by atoms with Gasteiger partial charge in [0, 0.05) is 8.95 Å². The number of halogens is 3. The van der Waals surface area contributed by atoms with E-state index in [0.29, 0.717) is 0 Å². The zero-order valence-corrected chi connectivity index (χ0v) is 13.7. The third-order valence-electron chi connectivity index (χ3n) is 3.09. The molecule has 2 aromatic rings. The van der Waals surface area contributed by atoms with Crippen molar-refractivity contribution in [3.63, 3.8) is 0 Å². The van der Waals surface area contributed by atoms with Crippen molar-refractivity contribution >= 4 is 31.9 Å². The van der Waals surface area contributed by atoms with Crippen molar-refractivity contribution in [1.29, 1.82) is 0 Å². The molecule has 0 radical (unpaired) electrons. The highest BCUT2D eigenvalue weighted by molar-refractivity contribution is 9.11.